The van der Waals surface area contributed by atoms with Crippen LogP contribution in [0.1, 0.15) is 33.3 Å². The number of halogens is 2. The highest BCUT2D eigenvalue weighted by atomic mass is 127. The van der Waals surface area contributed by atoms with Gasteiger partial charge in [-0.1, -0.05) is 25.4 Å². The number of aromatic nitrogens is 1. The number of rotatable bonds is 7. The second kappa shape index (κ2) is 10.9. The van der Waals surface area contributed by atoms with Crippen LogP contribution in [0.2, 0.25) is 5.02 Å². The molecule has 7 heteroatoms. The second-order valence-corrected chi connectivity index (χ2v) is 5.59. The van der Waals surface area contributed by atoms with Crippen molar-refractivity contribution in [2.75, 3.05) is 19.7 Å². The molecule has 0 saturated heterocycles. The minimum absolute atomic E-state index is 0. The van der Waals surface area contributed by atoms with E-state index in [4.69, 9.17) is 22.1 Å². The summed E-state index contributed by atoms with van der Waals surface area (Å²) >= 11 is 6.17. The number of hydrogen-bond donors (Lipinski definition) is 1. The Hall–Kier alpha value is -0.760. The second-order valence-electron chi connectivity index (χ2n) is 5.18. The molecule has 0 aromatic carbocycles. The minimum Gasteiger partial charge on any atom is -0.476 e. The van der Waals surface area contributed by atoms with Gasteiger partial charge < -0.3 is 15.4 Å². The molecule has 1 aromatic rings. The fourth-order valence-corrected chi connectivity index (χ4v) is 1.97. The number of nitrogens with zero attached hydrogens (tertiary/aromatic N) is 3. The van der Waals surface area contributed by atoms with Crippen LogP contribution in [0.15, 0.2) is 17.3 Å². The third-order valence-corrected chi connectivity index (χ3v) is 3.20. The molecular weight excluding hydrogens is 415 g/mol. The van der Waals surface area contributed by atoms with Gasteiger partial charge in [-0.2, -0.15) is 0 Å². The summed E-state index contributed by atoms with van der Waals surface area (Å²) < 4.78 is 5.54. The number of pyridine rings is 1. The number of aliphatic imine (C=N–C) groups is 1. The quantitative estimate of drug-likeness (QED) is 0.400. The summed E-state index contributed by atoms with van der Waals surface area (Å²) in [6.07, 6.45) is 1.72. The minimum atomic E-state index is 0. The van der Waals surface area contributed by atoms with E-state index >= 15 is 0 Å². The lowest BCUT2D eigenvalue weighted by molar-refractivity contribution is 0.261. The normalized spacial score (nSPS) is 11.3. The van der Waals surface area contributed by atoms with Crippen LogP contribution in [0.25, 0.3) is 0 Å². The van der Waals surface area contributed by atoms with Crippen LogP contribution >= 0.6 is 35.6 Å². The SMILES string of the molecule is CCN(CC)C(N)=NCc1cnc(OCC(C)C)c(Cl)c1.I. The molecule has 0 atom stereocenters. The molecule has 0 aliphatic rings. The fourth-order valence-electron chi connectivity index (χ4n) is 1.72. The zero-order chi connectivity index (χ0) is 15.8. The third-order valence-electron chi connectivity index (χ3n) is 2.93. The van der Waals surface area contributed by atoms with Crippen LogP contribution in [-0.2, 0) is 6.54 Å². The van der Waals surface area contributed by atoms with Gasteiger partial charge in [0.1, 0.15) is 5.02 Å². The molecule has 126 valence electrons. The molecule has 1 rings (SSSR count). The highest BCUT2D eigenvalue weighted by Crippen LogP contribution is 2.23. The van der Waals surface area contributed by atoms with Gasteiger partial charge in [0.15, 0.2) is 5.96 Å². The Kier molecular flexibility index (Phi) is 10.5. The van der Waals surface area contributed by atoms with Crippen LogP contribution in [-0.4, -0.2) is 35.5 Å². The van der Waals surface area contributed by atoms with E-state index in [1.54, 1.807) is 6.20 Å². The van der Waals surface area contributed by atoms with Crippen molar-refractivity contribution in [2.24, 2.45) is 16.6 Å². The highest BCUT2D eigenvalue weighted by Gasteiger charge is 2.07. The monoisotopic (exact) mass is 440 g/mol. The summed E-state index contributed by atoms with van der Waals surface area (Å²) in [5, 5.41) is 0.504. The number of guanidine groups is 1. The lowest BCUT2D eigenvalue weighted by Gasteiger charge is -2.19. The van der Waals surface area contributed by atoms with Gasteiger partial charge in [0.05, 0.1) is 13.2 Å². The Morgan fingerprint density at radius 1 is 1.41 bits per heavy atom. The topological polar surface area (TPSA) is 63.7 Å². The van der Waals surface area contributed by atoms with Crippen LogP contribution in [0.4, 0.5) is 0 Å². The van der Waals surface area contributed by atoms with Crippen LogP contribution in [0.5, 0.6) is 5.88 Å². The molecular formula is C15H26ClIN4O. The smallest absolute Gasteiger partial charge is 0.232 e. The molecule has 0 aliphatic carbocycles. The van der Waals surface area contributed by atoms with Gasteiger partial charge in [-0.25, -0.2) is 9.98 Å². The number of nitrogens with two attached hydrogens (primary N) is 1. The fraction of sp³-hybridized carbons (Fsp3) is 0.600. The van der Waals surface area contributed by atoms with E-state index in [0.29, 0.717) is 35.9 Å². The van der Waals surface area contributed by atoms with Crippen molar-refractivity contribution in [3.8, 4) is 5.88 Å². The summed E-state index contributed by atoms with van der Waals surface area (Å²) in [6.45, 7) is 11.0. The van der Waals surface area contributed by atoms with Crippen molar-refractivity contribution in [1.82, 2.24) is 9.88 Å². The van der Waals surface area contributed by atoms with Crippen molar-refractivity contribution >= 4 is 41.5 Å². The predicted molar refractivity (Wildman–Crippen MR) is 103 cm³/mol. The first-order valence-electron chi connectivity index (χ1n) is 7.29. The molecule has 1 aromatic heterocycles. The maximum atomic E-state index is 6.17. The van der Waals surface area contributed by atoms with Gasteiger partial charge in [-0.05, 0) is 31.4 Å². The lowest BCUT2D eigenvalue weighted by Crippen LogP contribution is -2.37. The first-order chi connectivity index (χ1) is 9.97. The summed E-state index contributed by atoms with van der Waals surface area (Å²) in [6, 6.07) is 1.82. The van der Waals surface area contributed by atoms with Gasteiger partial charge in [-0.3, -0.25) is 0 Å². The van der Waals surface area contributed by atoms with E-state index in [1.807, 2.05) is 24.8 Å². The first kappa shape index (κ1) is 21.2. The Balaban J connectivity index is 0.00000441. The third kappa shape index (κ3) is 7.00. The van der Waals surface area contributed by atoms with E-state index < -0.39 is 0 Å². The summed E-state index contributed by atoms with van der Waals surface area (Å²) in [5.41, 5.74) is 6.84. The Morgan fingerprint density at radius 3 is 2.55 bits per heavy atom. The Morgan fingerprint density at radius 2 is 2.05 bits per heavy atom. The van der Waals surface area contributed by atoms with Crippen molar-refractivity contribution in [3.05, 3.63) is 22.8 Å². The maximum absolute atomic E-state index is 6.17. The first-order valence-corrected chi connectivity index (χ1v) is 7.67. The van der Waals surface area contributed by atoms with E-state index in [0.717, 1.165) is 18.7 Å². The zero-order valence-electron chi connectivity index (χ0n) is 13.7. The maximum Gasteiger partial charge on any atom is 0.232 e. The average molecular weight is 441 g/mol. The standard InChI is InChI=1S/C15H25ClN4O.HI/c1-5-20(6-2)15(17)19-9-12-7-13(16)14(18-8-12)21-10-11(3)4;/h7-8,11H,5-6,9-10H2,1-4H3,(H2,17,19);1H. The van der Waals surface area contributed by atoms with Gasteiger partial charge in [-0.15, -0.1) is 24.0 Å². The molecule has 0 aliphatic heterocycles. The molecule has 0 amide bonds. The van der Waals surface area contributed by atoms with Crippen LogP contribution < -0.4 is 10.5 Å². The molecule has 0 radical (unpaired) electrons. The molecule has 0 saturated carbocycles. The van der Waals surface area contributed by atoms with Gasteiger partial charge in [0.25, 0.3) is 0 Å². The molecule has 5 nitrogen and oxygen atoms in total. The molecule has 0 fully saturated rings. The number of hydrogen-bond acceptors (Lipinski definition) is 3. The Labute approximate surface area is 155 Å². The van der Waals surface area contributed by atoms with Crippen LogP contribution in [0, 0.1) is 5.92 Å². The van der Waals surface area contributed by atoms with Crippen molar-refractivity contribution < 1.29 is 4.74 Å². The molecule has 0 unspecified atom stereocenters. The van der Waals surface area contributed by atoms with E-state index in [1.165, 1.54) is 0 Å². The largest absolute Gasteiger partial charge is 0.476 e. The highest BCUT2D eigenvalue weighted by molar-refractivity contribution is 14.0. The van der Waals surface area contributed by atoms with Gasteiger partial charge >= 0.3 is 0 Å². The predicted octanol–water partition coefficient (Wildman–Crippen LogP) is 3.54. The summed E-state index contributed by atoms with van der Waals surface area (Å²) in [5.74, 6) is 1.44. The zero-order valence-corrected chi connectivity index (χ0v) is 16.8. The molecule has 22 heavy (non-hydrogen) atoms. The van der Waals surface area contributed by atoms with Crippen LogP contribution in [0.3, 0.4) is 0 Å². The summed E-state index contributed by atoms with van der Waals surface area (Å²) in [7, 11) is 0. The van der Waals surface area contributed by atoms with E-state index in [-0.39, 0.29) is 24.0 Å². The molecule has 0 spiro atoms. The molecule has 0 bridgehead atoms. The number of ether oxygens (including phenoxy) is 1. The van der Waals surface area contributed by atoms with E-state index in [2.05, 4.69) is 23.8 Å². The lowest BCUT2D eigenvalue weighted by atomic mass is 10.2. The van der Waals surface area contributed by atoms with E-state index in [9.17, 15) is 0 Å². The molecule has 2 N–H and O–H groups in total. The Bertz CT molecular complexity index is 479. The van der Waals surface area contributed by atoms with Gasteiger partial charge in [0.2, 0.25) is 5.88 Å². The van der Waals surface area contributed by atoms with Crippen molar-refractivity contribution in [1.29, 1.82) is 0 Å². The summed E-state index contributed by atoms with van der Waals surface area (Å²) in [4.78, 5) is 10.6. The molecule has 1 heterocycles. The average Bonchev–Trinajstić information content (AvgIpc) is 2.45. The van der Waals surface area contributed by atoms with Gasteiger partial charge in [0, 0.05) is 19.3 Å². The van der Waals surface area contributed by atoms with Crippen molar-refractivity contribution in [2.45, 2.75) is 34.2 Å². The van der Waals surface area contributed by atoms with Crippen molar-refractivity contribution in [3.63, 3.8) is 0 Å².